The molecule has 0 aromatic rings. The van der Waals surface area contributed by atoms with Crippen molar-refractivity contribution in [2.45, 2.75) is 69.5 Å². The molecule has 3 nitrogen and oxygen atoms in total. The van der Waals surface area contributed by atoms with Gasteiger partial charge in [-0.25, -0.2) is 4.79 Å². The van der Waals surface area contributed by atoms with Crippen LogP contribution in [0.3, 0.4) is 0 Å². The largest absolute Gasteiger partial charge is 0.357 e. The van der Waals surface area contributed by atoms with E-state index in [1.165, 1.54) is 12.0 Å². The van der Waals surface area contributed by atoms with Gasteiger partial charge in [-0.2, -0.15) is 0 Å². The second-order valence-electron chi connectivity index (χ2n) is 8.73. The molecule has 0 N–H and O–H groups in total. The highest BCUT2D eigenvalue weighted by atomic mass is 16.6. The fourth-order valence-corrected chi connectivity index (χ4v) is 6.82. The van der Waals surface area contributed by atoms with Crippen LogP contribution in [-0.4, -0.2) is 22.9 Å². The predicted molar refractivity (Wildman–Crippen MR) is 85.4 cm³/mol. The summed E-state index contributed by atoms with van der Waals surface area (Å²) in [5.41, 5.74) is 1.50. The molecule has 122 valence electrons. The molecule has 0 unspecified atom stereocenters. The summed E-state index contributed by atoms with van der Waals surface area (Å²) in [6.45, 7) is 2.37. The Morgan fingerprint density at radius 2 is 2.17 bits per heavy atom. The molecule has 0 amide bonds. The van der Waals surface area contributed by atoms with E-state index in [9.17, 15) is 9.59 Å². The monoisotopic (exact) mass is 312 g/mol. The first kappa shape index (κ1) is 14.2. The summed E-state index contributed by atoms with van der Waals surface area (Å²) >= 11 is 0. The van der Waals surface area contributed by atoms with Crippen LogP contribution < -0.4 is 0 Å². The quantitative estimate of drug-likeness (QED) is 0.423. The standard InChI is InChI=1S/C20H24O3/c1-18-8-6-17-15(16(18)3-2-13(18)7-11-21)5-9-19-12-14(22)4-10-20(17,19)23-19/h6-7,13,15-16H,2-5,8-10,12H2,1H3/t13-,15-,16-,18+,19+,20+/m0/s1. The van der Waals surface area contributed by atoms with Crippen LogP contribution >= 0.6 is 0 Å². The molecule has 0 radical (unpaired) electrons. The van der Waals surface area contributed by atoms with Gasteiger partial charge in [0.25, 0.3) is 0 Å². The first-order chi connectivity index (χ1) is 11.0. The molecule has 1 heterocycles. The van der Waals surface area contributed by atoms with Gasteiger partial charge in [0.15, 0.2) is 0 Å². The maximum atomic E-state index is 11.9. The molecule has 0 aromatic heterocycles. The molecule has 5 rings (SSSR count). The van der Waals surface area contributed by atoms with Crippen molar-refractivity contribution < 1.29 is 14.3 Å². The van der Waals surface area contributed by atoms with E-state index in [1.807, 2.05) is 5.94 Å². The number of fused-ring (bicyclic) bond motifs is 3. The lowest BCUT2D eigenvalue weighted by Gasteiger charge is -2.48. The number of ether oxygens (including phenoxy) is 1. The Bertz CT molecular complexity index is 672. The van der Waals surface area contributed by atoms with Crippen molar-refractivity contribution in [3.63, 3.8) is 0 Å². The van der Waals surface area contributed by atoms with E-state index in [2.05, 4.69) is 13.0 Å². The molecule has 1 aliphatic heterocycles. The van der Waals surface area contributed by atoms with Gasteiger partial charge in [0.05, 0.1) is 0 Å². The van der Waals surface area contributed by atoms with Crippen LogP contribution in [0.25, 0.3) is 0 Å². The van der Waals surface area contributed by atoms with Gasteiger partial charge in [-0.3, -0.25) is 4.79 Å². The number of carbonyl (C=O) groups is 1. The summed E-state index contributed by atoms with van der Waals surface area (Å²) in [5, 5.41) is 0. The van der Waals surface area contributed by atoms with E-state index >= 15 is 0 Å². The van der Waals surface area contributed by atoms with Crippen molar-refractivity contribution in [1.82, 2.24) is 0 Å². The Kier molecular flexibility index (Phi) is 2.63. The highest BCUT2D eigenvalue weighted by molar-refractivity contribution is 5.83. The Morgan fingerprint density at radius 3 is 3.00 bits per heavy atom. The zero-order valence-electron chi connectivity index (χ0n) is 13.8. The molecule has 4 aliphatic carbocycles. The van der Waals surface area contributed by atoms with Gasteiger partial charge in [0.1, 0.15) is 22.9 Å². The summed E-state index contributed by atoms with van der Waals surface area (Å²) in [4.78, 5) is 22.8. The molecule has 6 atom stereocenters. The molecule has 3 saturated carbocycles. The number of ketones is 1. The average molecular weight is 312 g/mol. The second-order valence-corrected chi connectivity index (χ2v) is 8.73. The lowest BCUT2D eigenvalue weighted by atomic mass is 9.54. The molecular weight excluding hydrogens is 288 g/mol. The van der Waals surface area contributed by atoms with Gasteiger partial charge >= 0.3 is 0 Å². The van der Waals surface area contributed by atoms with Crippen molar-refractivity contribution in [1.29, 1.82) is 0 Å². The van der Waals surface area contributed by atoms with Gasteiger partial charge in [0, 0.05) is 18.9 Å². The van der Waals surface area contributed by atoms with Gasteiger partial charge < -0.3 is 4.74 Å². The van der Waals surface area contributed by atoms with Gasteiger partial charge in [-0.1, -0.05) is 13.0 Å². The Morgan fingerprint density at radius 1 is 1.30 bits per heavy atom. The van der Waals surface area contributed by atoms with Crippen LogP contribution in [0.2, 0.25) is 0 Å². The maximum absolute atomic E-state index is 11.9. The van der Waals surface area contributed by atoms with Gasteiger partial charge in [-0.05, 0) is 67.3 Å². The third-order valence-corrected chi connectivity index (χ3v) is 8.03. The molecule has 0 bridgehead atoms. The van der Waals surface area contributed by atoms with Crippen LogP contribution in [0, 0.1) is 23.2 Å². The number of epoxide rings is 1. The summed E-state index contributed by atoms with van der Waals surface area (Å²) in [5.74, 6) is 4.06. The average Bonchev–Trinajstić information content (AvgIpc) is 3.11. The summed E-state index contributed by atoms with van der Waals surface area (Å²) < 4.78 is 6.35. The number of hydrogen-bond acceptors (Lipinski definition) is 3. The maximum Gasteiger partial charge on any atom is 0.136 e. The fraction of sp³-hybridized carbons (Fsp3) is 0.750. The predicted octanol–water partition coefficient (Wildman–Crippen LogP) is 3.41. The number of allylic oxidation sites excluding steroid dienone is 2. The van der Waals surface area contributed by atoms with Crippen molar-refractivity contribution >= 4 is 11.7 Å². The van der Waals surface area contributed by atoms with Crippen molar-refractivity contribution in [3.05, 3.63) is 17.7 Å². The van der Waals surface area contributed by atoms with Crippen molar-refractivity contribution in [2.75, 3.05) is 0 Å². The second kappa shape index (κ2) is 4.26. The highest BCUT2D eigenvalue weighted by Crippen LogP contribution is 2.72. The minimum absolute atomic E-state index is 0.0935. The number of rotatable bonds is 1. The molecule has 0 spiro atoms. The van der Waals surface area contributed by atoms with Crippen molar-refractivity contribution in [2.24, 2.45) is 23.2 Å². The molecule has 5 aliphatic rings. The van der Waals surface area contributed by atoms with Crippen LogP contribution in [0.4, 0.5) is 0 Å². The normalized spacial score (nSPS) is 53.2. The van der Waals surface area contributed by atoms with Crippen molar-refractivity contribution in [3.8, 4) is 0 Å². The van der Waals surface area contributed by atoms with Crippen LogP contribution in [0.15, 0.2) is 17.7 Å². The highest BCUT2D eigenvalue weighted by Gasteiger charge is 2.76. The Hall–Kier alpha value is -1.18. The number of carbonyl (C=O) groups excluding carboxylic acids is 2. The van der Waals surface area contributed by atoms with Crippen LogP contribution in [0.5, 0.6) is 0 Å². The third-order valence-electron chi connectivity index (χ3n) is 8.03. The lowest BCUT2D eigenvalue weighted by Crippen LogP contribution is -2.47. The first-order valence-corrected chi connectivity index (χ1v) is 9.18. The minimum atomic E-state index is -0.140. The first-order valence-electron chi connectivity index (χ1n) is 9.18. The molecule has 4 fully saturated rings. The van der Waals surface area contributed by atoms with E-state index in [1.54, 1.807) is 6.08 Å². The number of hydrogen-bond donors (Lipinski definition) is 0. The molecule has 0 aromatic carbocycles. The molecule has 1 saturated heterocycles. The minimum Gasteiger partial charge on any atom is -0.357 e. The van der Waals surface area contributed by atoms with Crippen LogP contribution in [0.1, 0.15) is 58.3 Å². The summed E-state index contributed by atoms with van der Waals surface area (Å²) in [6, 6.07) is 0. The van der Waals surface area contributed by atoms with E-state index in [4.69, 9.17) is 4.74 Å². The fourth-order valence-electron chi connectivity index (χ4n) is 6.82. The van der Waals surface area contributed by atoms with E-state index in [0.29, 0.717) is 36.4 Å². The molecule has 23 heavy (non-hydrogen) atoms. The Labute approximate surface area is 137 Å². The zero-order chi connectivity index (χ0) is 15.9. The van der Waals surface area contributed by atoms with E-state index in [0.717, 1.165) is 32.1 Å². The smallest absolute Gasteiger partial charge is 0.136 e. The van der Waals surface area contributed by atoms with Gasteiger partial charge in [-0.15, -0.1) is 0 Å². The SMILES string of the molecule is C[C@]12CC=C3[C@@H](CC[C@@]45CC(=O)CC[C@@]34O5)[C@@H]1CC[C@H]2C=C=O. The lowest BCUT2D eigenvalue weighted by molar-refractivity contribution is -0.121. The van der Waals surface area contributed by atoms with E-state index in [-0.39, 0.29) is 16.6 Å². The van der Waals surface area contributed by atoms with E-state index < -0.39 is 0 Å². The summed E-state index contributed by atoms with van der Waals surface area (Å²) in [7, 11) is 0. The topological polar surface area (TPSA) is 46.7 Å². The summed E-state index contributed by atoms with van der Waals surface area (Å²) in [6.07, 6.45) is 12.0. The Balaban J connectivity index is 1.53. The third kappa shape index (κ3) is 1.56. The van der Waals surface area contributed by atoms with Crippen LogP contribution in [-0.2, 0) is 14.3 Å². The molecule has 3 heteroatoms. The zero-order valence-corrected chi connectivity index (χ0v) is 13.8. The van der Waals surface area contributed by atoms with Gasteiger partial charge in [0.2, 0.25) is 0 Å². The molecular formula is C20H24O3. The number of Topliss-reactive ketones (excluding diaryl/α,β-unsaturated/α-hetero) is 1.